The van der Waals surface area contributed by atoms with E-state index in [9.17, 15) is 4.39 Å². The number of hydrogen-bond acceptors (Lipinski definition) is 2. The van der Waals surface area contributed by atoms with Crippen LogP contribution in [0, 0.1) is 5.82 Å². The van der Waals surface area contributed by atoms with Crippen molar-refractivity contribution in [3.63, 3.8) is 0 Å². The average molecular weight is 286 g/mol. The highest BCUT2D eigenvalue weighted by atomic mass is 35.5. The van der Waals surface area contributed by atoms with Gasteiger partial charge in [0.25, 0.3) is 0 Å². The van der Waals surface area contributed by atoms with Gasteiger partial charge in [-0.2, -0.15) is 0 Å². The van der Waals surface area contributed by atoms with E-state index in [1.54, 1.807) is 18.2 Å². The number of benzene rings is 1. The Morgan fingerprint density at radius 2 is 2.37 bits per heavy atom. The van der Waals surface area contributed by atoms with E-state index in [1.807, 2.05) is 7.05 Å². The molecule has 0 saturated carbocycles. The van der Waals surface area contributed by atoms with Crippen molar-refractivity contribution in [2.45, 2.75) is 44.2 Å². The van der Waals surface area contributed by atoms with Gasteiger partial charge in [-0.1, -0.05) is 23.7 Å². The van der Waals surface area contributed by atoms with Crippen molar-refractivity contribution in [1.29, 1.82) is 0 Å². The van der Waals surface area contributed by atoms with Crippen LogP contribution in [-0.2, 0) is 11.2 Å². The zero-order chi connectivity index (χ0) is 13.7. The molecule has 0 spiro atoms. The minimum Gasteiger partial charge on any atom is -0.378 e. The molecule has 2 nitrogen and oxygen atoms in total. The first kappa shape index (κ1) is 14.8. The average Bonchev–Trinajstić information content (AvgIpc) is 2.92. The molecule has 0 aromatic heterocycles. The van der Waals surface area contributed by atoms with Gasteiger partial charge in [0, 0.05) is 12.6 Å². The maximum absolute atomic E-state index is 13.9. The van der Waals surface area contributed by atoms with Crippen molar-refractivity contribution in [1.82, 2.24) is 5.32 Å². The first-order valence-corrected chi connectivity index (χ1v) is 7.30. The van der Waals surface area contributed by atoms with Gasteiger partial charge in [-0.15, -0.1) is 0 Å². The van der Waals surface area contributed by atoms with Crippen LogP contribution < -0.4 is 5.32 Å². The Bertz CT molecular complexity index is 407. The van der Waals surface area contributed by atoms with Crippen LogP contribution in [0.25, 0.3) is 0 Å². The smallest absolute Gasteiger partial charge is 0.145 e. The lowest BCUT2D eigenvalue weighted by Gasteiger charge is -2.18. The van der Waals surface area contributed by atoms with Crippen molar-refractivity contribution >= 4 is 11.6 Å². The molecule has 2 rings (SSSR count). The van der Waals surface area contributed by atoms with Gasteiger partial charge in [-0.25, -0.2) is 4.39 Å². The van der Waals surface area contributed by atoms with Gasteiger partial charge in [-0.3, -0.25) is 0 Å². The van der Waals surface area contributed by atoms with Crippen molar-refractivity contribution in [3.8, 4) is 0 Å². The Labute approximate surface area is 119 Å². The van der Waals surface area contributed by atoms with Gasteiger partial charge in [-0.05, 0) is 50.8 Å². The molecule has 1 aromatic rings. The lowest BCUT2D eigenvalue weighted by atomic mass is 9.99. The van der Waals surface area contributed by atoms with Crippen molar-refractivity contribution in [2.24, 2.45) is 0 Å². The van der Waals surface area contributed by atoms with Crippen LogP contribution in [0.1, 0.15) is 31.2 Å². The van der Waals surface area contributed by atoms with E-state index in [0.29, 0.717) is 18.1 Å². The first-order valence-electron chi connectivity index (χ1n) is 6.92. The summed E-state index contributed by atoms with van der Waals surface area (Å²) in [5.74, 6) is -0.290. The Kier molecular flexibility index (Phi) is 5.61. The maximum Gasteiger partial charge on any atom is 0.145 e. The summed E-state index contributed by atoms with van der Waals surface area (Å²) in [7, 11) is 1.92. The van der Waals surface area contributed by atoms with E-state index < -0.39 is 0 Å². The molecule has 1 aliphatic heterocycles. The lowest BCUT2D eigenvalue weighted by molar-refractivity contribution is 0.0998. The lowest BCUT2D eigenvalue weighted by Crippen LogP contribution is -2.29. The third-order valence-electron chi connectivity index (χ3n) is 3.77. The summed E-state index contributed by atoms with van der Waals surface area (Å²) in [6.45, 7) is 0.887. The second-order valence-corrected chi connectivity index (χ2v) is 5.52. The summed E-state index contributed by atoms with van der Waals surface area (Å²) >= 11 is 5.81. The quantitative estimate of drug-likeness (QED) is 0.863. The molecule has 106 valence electrons. The summed E-state index contributed by atoms with van der Waals surface area (Å²) in [6, 6.07) is 5.45. The van der Waals surface area contributed by atoms with Crippen LogP contribution in [0.5, 0.6) is 0 Å². The third-order valence-corrected chi connectivity index (χ3v) is 4.06. The summed E-state index contributed by atoms with van der Waals surface area (Å²) in [5.41, 5.74) is 0.680. The predicted octanol–water partition coefficient (Wildman–Crippen LogP) is 3.57. The molecule has 1 heterocycles. The molecule has 1 saturated heterocycles. The molecule has 0 aliphatic carbocycles. The SMILES string of the molecule is CNC(CCC1CCCO1)Cc1cccc(Cl)c1F. The Hall–Kier alpha value is -0.640. The molecule has 4 heteroatoms. The van der Waals surface area contributed by atoms with Crippen molar-refractivity contribution in [2.75, 3.05) is 13.7 Å². The van der Waals surface area contributed by atoms with Crippen LogP contribution >= 0.6 is 11.6 Å². The first-order chi connectivity index (χ1) is 9.20. The van der Waals surface area contributed by atoms with E-state index in [-0.39, 0.29) is 16.9 Å². The molecule has 0 radical (unpaired) electrons. The van der Waals surface area contributed by atoms with Crippen molar-refractivity contribution < 1.29 is 9.13 Å². The molecule has 2 unspecified atom stereocenters. The normalized spacial score (nSPS) is 20.7. The van der Waals surface area contributed by atoms with Gasteiger partial charge < -0.3 is 10.1 Å². The fraction of sp³-hybridized carbons (Fsp3) is 0.600. The van der Waals surface area contributed by atoms with Gasteiger partial charge >= 0.3 is 0 Å². The molecule has 1 aromatic carbocycles. The van der Waals surface area contributed by atoms with Gasteiger partial charge in [0.2, 0.25) is 0 Å². The zero-order valence-corrected chi connectivity index (χ0v) is 12.0. The highest BCUT2D eigenvalue weighted by Crippen LogP contribution is 2.22. The van der Waals surface area contributed by atoms with Gasteiger partial charge in [0.05, 0.1) is 11.1 Å². The Morgan fingerprint density at radius 3 is 3.05 bits per heavy atom. The minimum absolute atomic E-state index is 0.200. The van der Waals surface area contributed by atoms with E-state index in [0.717, 1.165) is 32.3 Å². The van der Waals surface area contributed by atoms with Gasteiger partial charge in [0.15, 0.2) is 0 Å². The second-order valence-electron chi connectivity index (χ2n) is 5.12. The molecule has 1 aliphatic rings. The third kappa shape index (κ3) is 4.16. The molecule has 19 heavy (non-hydrogen) atoms. The van der Waals surface area contributed by atoms with Crippen LogP contribution in [0.2, 0.25) is 5.02 Å². The molecule has 0 bridgehead atoms. The second kappa shape index (κ2) is 7.22. The van der Waals surface area contributed by atoms with Crippen molar-refractivity contribution in [3.05, 3.63) is 34.6 Å². The van der Waals surface area contributed by atoms with Crippen LogP contribution in [-0.4, -0.2) is 25.8 Å². The molecule has 1 fully saturated rings. The zero-order valence-electron chi connectivity index (χ0n) is 11.3. The molecular formula is C15H21ClFNO. The summed E-state index contributed by atoms with van der Waals surface area (Å²) in [5, 5.41) is 3.46. The number of rotatable bonds is 6. The molecule has 1 N–H and O–H groups in total. The molecule has 2 atom stereocenters. The van der Waals surface area contributed by atoms with Crippen LogP contribution in [0.4, 0.5) is 4.39 Å². The van der Waals surface area contributed by atoms with Crippen LogP contribution in [0.15, 0.2) is 18.2 Å². The summed E-state index contributed by atoms with van der Waals surface area (Å²) in [4.78, 5) is 0. The Balaban J connectivity index is 1.88. The maximum atomic E-state index is 13.9. The van der Waals surface area contributed by atoms with E-state index in [1.165, 1.54) is 0 Å². The highest BCUT2D eigenvalue weighted by molar-refractivity contribution is 6.30. The van der Waals surface area contributed by atoms with E-state index in [2.05, 4.69) is 5.32 Å². The summed E-state index contributed by atoms with van der Waals surface area (Å²) < 4.78 is 19.5. The van der Waals surface area contributed by atoms with E-state index >= 15 is 0 Å². The molecular weight excluding hydrogens is 265 g/mol. The number of likely N-dealkylation sites (N-methyl/N-ethyl adjacent to an activating group) is 1. The largest absolute Gasteiger partial charge is 0.378 e. The van der Waals surface area contributed by atoms with Gasteiger partial charge in [0.1, 0.15) is 5.82 Å². The topological polar surface area (TPSA) is 21.3 Å². The fourth-order valence-corrected chi connectivity index (χ4v) is 2.77. The number of halogens is 2. The molecule has 0 amide bonds. The van der Waals surface area contributed by atoms with Crippen LogP contribution in [0.3, 0.4) is 0 Å². The predicted molar refractivity (Wildman–Crippen MR) is 76.2 cm³/mol. The number of ether oxygens (including phenoxy) is 1. The minimum atomic E-state index is -0.290. The highest BCUT2D eigenvalue weighted by Gasteiger charge is 2.18. The summed E-state index contributed by atoms with van der Waals surface area (Å²) in [6.07, 6.45) is 5.40. The number of hydrogen-bond donors (Lipinski definition) is 1. The Morgan fingerprint density at radius 1 is 1.53 bits per heavy atom. The standard InChI is InChI=1S/C15H21ClFNO/c1-18-12(7-8-13-5-3-9-19-13)10-11-4-2-6-14(16)15(11)17/h2,4,6,12-13,18H,3,5,7-10H2,1H3. The number of nitrogens with one attached hydrogen (secondary N) is 1. The monoisotopic (exact) mass is 285 g/mol. The fourth-order valence-electron chi connectivity index (χ4n) is 2.58. The van der Waals surface area contributed by atoms with E-state index in [4.69, 9.17) is 16.3 Å².